The van der Waals surface area contributed by atoms with E-state index in [1.165, 1.54) is 51.4 Å². The van der Waals surface area contributed by atoms with E-state index in [1.54, 1.807) is 0 Å². The van der Waals surface area contributed by atoms with Crippen LogP contribution >= 0.6 is 0 Å². The third-order valence-corrected chi connectivity index (χ3v) is 3.81. The third kappa shape index (κ3) is 18.9. The Hall–Kier alpha value is 0.507. The summed E-state index contributed by atoms with van der Waals surface area (Å²) in [6.45, 7) is 2.23. The number of rotatable bonds is 12. The summed E-state index contributed by atoms with van der Waals surface area (Å²) in [6.07, 6.45) is 13.1. The van der Waals surface area contributed by atoms with Crippen molar-refractivity contribution in [2.75, 3.05) is 5.75 Å². The van der Waals surface area contributed by atoms with Gasteiger partial charge in [0.1, 0.15) is 0 Å². The Balaban J connectivity index is -0.00000128. The maximum absolute atomic E-state index is 10.4. The van der Waals surface area contributed by atoms with Crippen molar-refractivity contribution in [3.8, 4) is 0 Å². The molecule has 0 rings (SSSR count). The molecule has 0 radical (unpaired) electrons. The molecule has 0 aliphatic heterocycles. The van der Waals surface area contributed by atoms with Crippen molar-refractivity contribution in [1.29, 1.82) is 0 Å². The van der Waals surface area contributed by atoms with E-state index in [1.807, 2.05) is 0 Å². The van der Waals surface area contributed by atoms with E-state index < -0.39 is 10.1 Å². The van der Waals surface area contributed by atoms with E-state index in [0.29, 0.717) is 6.42 Å². The second kappa shape index (κ2) is 13.9. The largest absolute Gasteiger partial charge is 1.00 e. The zero-order valence-electron chi connectivity index (χ0n) is 13.2. The fraction of sp³-hybridized carbons (Fsp3) is 1.00. The molecule has 0 aromatic heterocycles. The molecule has 0 aliphatic carbocycles. The van der Waals surface area contributed by atoms with Gasteiger partial charge < -0.3 is 1.43 Å². The predicted octanol–water partition coefficient (Wildman–Crippen LogP) is 1.30. The minimum Gasteiger partial charge on any atom is -1.00 e. The molecule has 0 heterocycles. The second-order valence-corrected chi connectivity index (χ2v) is 6.39. The van der Waals surface area contributed by atoms with E-state index in [2.05, 4.69) is 6.92 Å². The average Bonchev–Trinajstić information content (AvgIpc) is 2.24. The maximum Gasteiger partial charge on any atom is 1.00 e. The van der Waals surface area contributed by atoms with Gasteiger partial charge in [-0.1, -0.05) is 71.1 Å². The topological polar surface area (TPSA) is 54.4 Å². The van der Waals surface area contributed by atoms with Crippen LogP contribution in [-0.2, 0) is 10.1 Å². The number of hydrogen-bond donors (Lipinski definition) is 1. The molecule has 0 aromatic rings. The van der Waals surface area contributed by atoms with Gasteiger partial charge in [0.15, 0.2) is 0 Å². The minimum atomic E-state index is -3.73. The zero-order valence-corrected chi connectivity index (χ0v) is 13.0. The Morgan fingerprint density at radius 3 is 1.44 bits per heavy atom. The van der Waals surface area contributed by atoms with Crippen LogP contribution < -0.4 is 18.9 Å². The molecule has 0 unspecified atom stereocenters. The van der Waals surface area contributed by atoms with Gasteiger partial charge in [0.25, 0.3) is 10.1 Å². The van der Waals surface area contributed by atoms with E-state index in [0.717, 1.165) is 12.8 Å². The molecule has 3 nitrogen and oxygen atoms in total. The first-order chi connectivity index (χ1) is 8.06. The third-order valence-electron chi connectivity index (χ3n) is 3.01. The van der Waals surface area contributed by atoms with Gasteiger partial charge >= 0.3 is 18.9 Å². The van der Waals surface area contributed by atoms with Gasteiger partial charge in [-0.15, -0.1) is 0 Å². The summed E-state index contributed by atoms with van der Waals surface area (Å²) in [5.74, 6) is -0.0793. The van der Waals surface area contributed by atoms with Crippen LogP contribution in [0.3, 0.4) is 0 Å². The van der Waals surface area contributed by atoms with Crippen molar-refractivity contribution in [2.45, 2.75) is 77.6 Å². The molecule has 0 spiro atoms. The molecule has 0 aliphatic rings. The number of unbranched alkanes of at least 4 members (excludes halogenated alkanes) is 10. The van der Waals surface area contributed by atoms with Gasteiger partial charge in [-0.25, -0.2) is 0 Å². The molecule has 0 saturated heterocycles. The Kier molecular flexibility index (Phi) is 16.1. The quantitative estimate of drug-likeness (QED) is 0.331. The smallest absolute Gasteiger partial charge is 1.00 e. The summed E-state index contributed by atoms with van der Waals surface area (Å²) < 4.78 is 29.4. The Morgan fingerprint density at radius 2 is 1.11 bits per heavy atom. The average molecular weight is 272 g/mol. The van der Waals surface area contributed by atoms with Crippen molar-refractivity contribution >= 4 is 10.1 Å². The van der Waals surface area contributed by atoms with E-state index in [-0.39, 0.29) is 26.0 Å². The monoisotopic (exact) mass is 272 g/mol. The normalized spacial score (nSPS) is 11.2. The molecule has 0 aromatic carbocycles. The molecule has 0 bridgehead atoms. The summed E-state index contributed by atoms with van der Waals surface area (Å²) in [7, 11) is -3.73. The van der Waals surface area contributed by atoms with Gasteiger partial charge in [0.05, 0.1) is 5.75 Å². The van der Waals surface area contributed by atoms with Gasteiger partial charge in [-0.05, 0) is 6.42 Å². The second-order valence-electron chi connectivity index (χ2n) is 4.82. The summed E-state index contributed by atoms with van der Waals surface area (Å²) in [5, 5.41) is 0. The minimum absolute atomic E-state index is 0. The Morgan fingerprint density at radius 1 is 0.778 bits per heavy atom. The van der Waals surface area contributed by atoms with Gasteiger partial charge in [0.2, 0.25) is 0 Å². The fourth-order valence-electron chi connectivity index (χ4n) is 1.95. The summed E-state index contributed by atoms with van der Waals surface area (Å²) in [6, 6.07) is 0. The Labute approximate surface area is 127 Å². The molecule has 1 N–H and O–H groups in total. The maximum atomic E-state index is 10.4. The van der Waals surface area contributed by atoms with Crippen LogP contribution in [0.4, 0.5) is 0 Å². The SMILES string of the molecule is CCCCCCCCCCCCCS(=O)(=O)O.[H-].[Li+]. The van der Waals surface area contributed by atoms with E-state index in [4.69, 9.17) is 4.55 Å². The fourth-order valence-corrected chi connectivity index (χ4v) is 2.52. The van der Waals surface area contributed by atoms with Crippen LogP contribution in [0.1, 0.15) is 79.0 Å². The molecule has 18 heavy (non-hydrogen) atoms. The number of hydrogen-bond acceptors (Lipinski definition) is 2. The van der Waals surface area contributed by atoms with Crippen LogP contribution in [0, 0.1) is 0 Å². The summed E-state index contributed by atoms with van der Waals surface area (Å²) in [5.41, 5.74) is 0. The summed E-state index contributed by atoms with van der Waals surface area (Å²) >= 11 is 0. The van der Waals surface area contributed by atoms with Crippen LogP contribution in [0.15, 0.2) is 0 Å². The molecule has 5 heteroatoms. The van der Waals surface area contributed by atoms with Gasteiger partial charge in [-0.2, -0.15) is 8.42 Å². The van der Waals surface area contributed by atoms with Crippen LogP contribution in [0.25, 0.3) is 0 Å². The van der Waals surface area contributed by atoms with E-state index in [9.17, 15) is 8.42 Å². The first-order valence-electron chi connectivity index (χ1n) is 7.01. The van der Waals surface area contributed by atoms with Crippen molar-refractivity contribution in [3.05, 3.63) is 0 Å². The molecule has 0 fully saturated rings. The standard InChI is InChI=1S/C13H28O3S.Li.H/c1-2-3-4-5-6-7-8-9-10-11-12-13-17(14,15)16;;/h2-13H2,1H3,(H,14,15,16);;/q;+1;-1. The molecule has 106 valence electrons. The van der Waals surface area contributed by atoms with Gasteiger partial charge in [0, 0.05) is 0 Å². The van der Waals surface area contributed by atoms with Crippen LogP contribution in [-0.4, -0.2) is 18.7 Å². The predicted molar refractivity (Wildman–Crippen MR) is 74.0 cm³/mol. The molecule has 0 atom stereocenters. The molecule has 0 amide bonds. The zero-order chi connectivity index (χ0) is 13.0. The molecular formula is C13H29LiO3S. The molecule has 0 saturated carbocycles. The van der Waals surface area contributed by atoms with Crippen molar-refractivity contribution in [2.24, 2.45) is 0 Å². The first-order valence-corrected chi connectivity index (χ1v) is 8.62. The van der Waals surface area contributed by atoms with Gasteiger partial charge in [-0.3, -0.25) is 4.55 Å². The van der Waals surface area contributed by atoms with Crippen LogP contribution in [0.5, 0.6) is 0 Å². The van der Waals surface area contributed by atoms with Crippen molar-refractivity contribution < 1.29 is 33.3 Å². The first kappa shape index (κ1) is 20.8. The van der Waals surface area contributed by atoms with Crippen molar-refractivity contribution in [3.63, 3.8) is 0 Å². The van der Waals surface area contributed by atoms with Crippen molar-refractivity contribution in [1.82, 2.24) is 0 Å². The van der Waals surface area contributed by atoms with Crippen LogP contribution in [0.2, 0.25) is 0 Å². The van der Waals surface area contributed by atoms with E-state index >= 15 is 0 Å². The molecular weight excluding hydrogens is 243 g/mol. The summed E-state index contributed by atoms with van der Waals surface area (Å²) in [4.78, 5) is 0. The Bertz CT molecular complexity index is 259.